The van der Waals surface area contributed by atoms with Crippen molar-refractivity contribution in [2.24, 2.45) is 30.7 Å². The van der Waals surface area contributed by atoms with Crippen molar-refractivity contribution in [1.82, 2.24) is 0 Å². The molecule has 0 amide bonds. The van der Waals surface area contributed by atoms with Crippen LogP contribution < -0.4 is 0 Å². The van der Waals surface area contributed by atoms with E-state index in [2.05, 4.69) is 30.7 Å². The maximum atomic E-state index is 12.2. The van der Waals surface area contributed by atoms with Gasteiger partial charge in [0.25, 0.3) is 40.5 Å². The Labute approximate surface area is 411 Å². The number of hydrogen-bond acceptors (Lipinski definition) is 23. The SMILES string of the molecule is O=S(=O)(O)c1ccc2c(N=Nc3cccc4cccc(O)c34)ccc(N=Nc3ccc(N=Nc4cc(S(=O)(=O)O)c(O)c5ccc(S(=O)(=O)O)c(O)c45)c4cc(S(=O)(=O)O)ccc34)c2c1.O=S(=O)=O.O=S(=O)=O. The Morgan fingerprint density at radius 2 is 0.726 bits per heavy atom. The van der Waals surface area contributed by atoms with Crippen LogP contribution in [0.4, 0.5) is 34.1 Å². The molecule has 8 aromatic rings. The fourth-order valence-corrected chi connectivity index (χ4v) is 9.09. The topological polar surface area (TPSA) is 455 Å². The Balaban J connectivity index is 0.00000101. The van der Waals surface area contributed by atoms with Gasteiger partial charge in [-0.1, -0.05) is 36.4 Å². The van der Waals surface area contributed by atoms with Crippen LogP contribution in [0, 0.1) is 0 Å². The van der Waals surface area contributed by atoms with Crippen molar-refractivity contribution >= 4 is 139 Å². The standard InChI is InChI=1S/C40H26N6O15S4.2O3S/c47-34-6-2-4-20-3-1-5-32(37(20)34)45-42-29-13-14-30(26-17-21(62(50,51)52)8-10-24(26)29)43-41-28-12-15-31(27-18-22(63(53,54)55)7-9-23(27)28)44-46-33-19-36(65(59,60)61)39(48)25-11-16-35(64(56,57)58)40(49)38(25)33;2*1-4(2)3/h1-19,47-49H,(H,50,51,52)(H,53,54,55)(H,56,57,58)(H,59,60,61);;. The molecule has 27 nitrogen and oxygen atoms in total. The number of rotatable bonds is 10. The summed E-state index contributed by atoms with van der Waals surface area (Å²) < 4.78 is 187. The monoisotopic (exact) mass is 1120 g/mol. The molecule has 0 heterocycles. The van der Waals surface area contributed by atoms with Crippen LogP contribution in [0.2, 0.25) is 0 Å². The third kappa shape index (κ3) is 12.5. The van der Waals surface area contributed by atoms with E-state index in [1.807, 2.05) is 0 Å². The van der Waals surface area contributed by atoms with Gasteiger partial charge < -0.3 is 15.3 Å². The van der Waals surface area contributed by atoms with E-state index in [9.17, 15) is 67.2 Å². The van der Waals surface area contributed by atoms with Crippen LogP contribution in [-0.4, -0.2) is 92.5 Å². The Hall–Kier alpha value is -8.12. The first kappa shape index (κ1) is 54.2. The maximum absolute atomic E-state index is 12.2. The molecular formula is C40H26N6O21S6. The molecule has 0 aromatic heterocycles. The second-order valence-electron chi connectivity index (χ2n) is 14.3. The summed E-state index contributed by atoms with van der Waals surface area (Å²) in [4.78, 5) is -3.34. The van der Waals surface area contributed by atoms with Gasteiger partial charge in [-0.05, 0) is 84.2 Å². The molecule has 0 bridgehead atoms. The van der Waals surface area contributed by atoms with Crippen LogP contribution >= 0.6 is 0 Å². The number of benzene rings is 8. The first-order valence-corrected chi connectivity index (χ1v) is 26.8. The molecule has 8 rings (SSSR count). The van der Waals surface area contributed by atoms with E-state index in [-0.39, 0.29) is 44.7 Å². The average Bonchev–Trinajstić information content (AvgIpc) is 3.28. The minimum absolute atomic E-state index is 0.0126. The van der Waals surface area contributed by atoms with Crippen molar-refractivity contribution in [3.63, 3.8) is 0 Å². The van der Waals surface area contributed by atoms with Crippen molar-refractivity contribution in [3.8, 4) is 17.2 Å². The highest BCUT2D eigenvalue weighted by atomic mass is 32.2. The molecule has 0 saturated heterocycles. The van der Waals surface area contributed by atoms with Gasteiger partial charge in [0.1, 0.15) is 27.0 Å². The van der Waals surface area contributed by atoms with Gasteiger partial charge in [0, 0.05) is 26.9 Å². The van der Waals surface area contributed by atoms with Crippen LogP contribution in [0.25, 0.3) is 43.1 Å². The van der Waals surface area contributed by atoms with E-state index in [0.717, 1.165) is 30.3 Å². The quantitative estimate of drug-likeness (QED) is 0.0510. The second-order valence-corrected chi connectivity index (χ2v) is 20.7. The summed E-state index contributed by atoms with van der Waals surface area (Å²) in [5.74, 6) is -2.35. The Morgan fingerprint density at radius 1 is 0.342 bits per heavy atom. The van der Waals surface area contributed by atoms with E-state index in [0.29, 0.717) is 34.0 Å². The average molecular weight is 1120 g/mol. The summed E-state index contributed by atoms with van der Waals surface area (Å²) in [5.41, 5.74) is -0.301. The lowest BCUT2D eigenvalue weighted by Gasteiger charge is -2.12. The molecule has 8 aromatic carbocycles. The molecule has 0 spiro atoms. The number of fused-ring (bicyclic) bond motifs is 4. The zero-order valence-corrected chi connectivity index (χ0v) is 40.3. The molecule has 378 valence electrons. The van der Waals surface area contributed by atoms with Crippen LogP contribution in [0.15, 0.2) is 166 Å². The summed E-state index contributed by atoms with van der Waals surface area (Å²) in [5, 5.41) is 57.7. The lowest BCUT2D eigenvalue weighted by Crippen LogP contribution is -2.01. The van der Waals surface area contributed by atoms with Gasteiger partial charge in [0.2, 0.25) is 0 Å². The molecule has 73 heavy (non-hydrogen) atoms. The van der Waals surface area contributed by atoms with Gasteiger partial charge in [0.15, 0.2) is 0 Å². The van der Waals surface area contributed by atoms with Gasteiger partial charge in [-0.15, -0.1) is 55.9 Å². The highest BCUT2D eigenvalue weighted by Crippen LogP contribution is 2.46. The zero-order valence-electron chi connectivity index (χ0n) is 35.4. The molecule has 33 heteroatoms. The molecule has 0 aliphatic heterocycles. The molecular weight excluding hydrogens is 1090 g/mol. The smallest absolute Gasteiger partial charge is 0.425 e. The predicted octanol–water partition coefficient (Wildman–Crippen LogP) is 7.64. The third-order valence-corrected chi connectivity index (χ3v) is 13.3. The van der Waals surface area contributed by atoms with E-state index < -0.39 is 109 Å². The first-order chi connectivity index (χ1) is 34.0. The number of nitrogens with zero attached hydrogens (tertiary/aromatic N) is 6. The summed E-state index contributed by atoms with van der Waals surface area (Å²) in [6, 6.07) is 24.3. The molecule has 7 N–H and O–H groups in total. The number of phenolic OH excluding ortho intramolecular Hbond substituents is 3. The first-order valence-electron chi connectivity index (χ1n) is 19.0. The Kier molecular flexibility index (Phi) is 15.5. The van der Waals surface area contributed by atoms with Crippen molar-refractivity contribution in [3.05, 3.63) is 115 Å². The predicted molar refractivity (Wildman–Crippen MR) is 252 cm³/mol. The van der Waals surface area contributed by atoms with Gasteiger partial charge in [-0.25, -0.2) is 0 Å². The summed E-state index contributed by atoms with van der Waals surface area (Å²) in [7, 11) is -26.1. The normalized spacial score (nSPS) is 12.3. The second kappa shape index (κ2) is 20.9. The molecule has 0 aliphatic rings. The van der Waals surface area contributed by atoms with E-state index >= 15 is 0 Å². The largest absolute Gasteiger partial charge is 0.507 e. The van der Waals surface area contributed by atoms with E-state index in [4.69, 9.17) is 25.3 Å². The molecule has 0 atom stereocenters. The number of phenols is 3. The van der Waals surface area contributed by atoms with Gasteiger partial charge in [-0.3, -0.25) is 18.2 Å². The third-order valence-electron chi connectivity index (χ3n) is 9.85. The summed E-state index contributed by atoms with van der Waals surface area (Å²) in [6.07, 6.45) is 0. The molecule has 0 aliphatic carbocycles. The lowest BCUT2D eigenvalue weighted by molar-refractivity contribution is 0.441. The van der Waals surface area contributed by atoms with Crippen molar-refractivity contribution in [2.45, 2.75) is 19.6 Å². The molecule has 0 unspecified atom stereocenters. The number of hydrogen-bond donors (Lipinski definition) is 7. The molecule has 0 saturated carbocycles. The molecule has 0 fully saturated rings. The number of aromatic hydroxyl groups is 3. The van der Waals surface area contributed by atoms with Crippen LogP contribution in [0.5, 0.6) is 17.2 Å². The fourth-order valence-electron chi connectivity index (χ4n) is 6.88. The van der Waals surface area contributed by atoms with Gasteiger partial charge in [-0.2, -0.15) is 33.7 Å². The van der Waals surface area contributed by atoms with Crippen LogP contribution in [0.1, 0.15) is 0 Å². The Bertz CT molecular complexity index is 4400. The van der Waals surface area contributed by atoms with Gasteiger partial charge >= 0.3 is 21.2 Å². The minimum Gasteiger partial charge on any atom is -0.507 e. The van der Waals surface area contributed by atoms with E-state index in [1.54, 1.807) is 30.3 Å². The van der Waals surface area contributed by atoms with E-state index in [1.165, 1.54) is 42.5 Å². The van der Waals surface area contributed by atoms with Crippen LogP contribution in [-0.2, 0) is 61.7 Å². The number of azo groups is 3. The zero-order chi connectivity index (χ0) is 54.0. The van der Waals surface area contributed by atoms with Crippen LogP contribution in [0.3, 0.4) is 0 Å². The Morgan fingerprint density at radius 3 is 1.15 bits per heavy atom. The summed E-state index contributed by atoms with van der Waals surface area (Å²) in [6.45, 7) is 0. The van der Waals surface area contributed by atoms with Gasteiger partial charge in [0.05, 0.1) is 54.7 Å². The highest BCUT2D eigenvalue weighted by molar-refractivity contribution is 7.86. The fraction of sp³-hybridized carbons (Fsp3) is 0. The highest BCUT2D eigenvalue weighted by Gasteiger charge is 2.26. The van der Waals surface area contributed by atoms with Crippen molar-refractivity contribution in [1.29, 1.82) is 0 Å². The van der Waals surface area contributed by atoms with Crippen molar-refractivity contribution in [2.75, 3.05) is 0 Å². The minimum atomic E-state index is -5.20. The van der Waals surface area contributed by atoms with Crippen molar-refractivity contribution < 1.29 is 92.5 Å². The summed E-state index contributed by atoms with van der Waals surface area (Å²) >= 11 is 0. The lowest BCUT2D eigenvalue weighted by atomic mass is 10.1. The maximum Gasteiger partial charge on any atom is 0.425 e. The molecule has 0 radical (unpaired) electrons.